The molecular weight excluding hydrogens is 312 g/mol. The summed E-state index contributed by atoms with van der Waals surface area (Å²) in [5, 5.41) is 9.61. The molecule has 0 saturated carbocycles. The standard InChI is InChI=1S/C22H20O3/c1-24-18-11-12-19-20(15-7-9-17(23)10-8-15)14-21(25-22(19)13-18)16-5-3-2-4-6-16/h2-13,20-21,23H,14H2,1H3. The number of aromatic hydroxyl groups is 1. The van der Waals surface area contributed by atoms with E-state index in [-0.39, 0.29) is 17.8 Å². The predicted octanol–water partition coefficient (Wildman–Crippen LogP) is 5.06. The van der Waals surface area contributed by atoms with Gasteiger partial charge in [-0.3, -0.25) is 0 Å². The van der Waals surface area contributed by atoms with Crippen molar-refractivity contribution in [2.45, 2.75) is 18.4 Å². The maximum atomic E-state index is 9.61. The van der Waals surface area contributed by atoms with Gasteiger partial charge in [-0.05, 0) is 35.7 Å². The van der Waals surface area contributed by atoms with E-state index in [9.17, 15) is 5.11 Å². The van der Waals surface area contributed by atoms with Gasteiger partial charge in [0.15, 0.2) is 0 Å². The van der Waals surface area contributed by atoms with Crippen LogP contribution in [0.4, 0.5) is 0 Å². The van der Waals surface area contributed by atoms with Gasteiger partial charge in [-0.2, -0.15) is 0 Å². The third kappa shape index (κ3) is 3.05. The molecule has 3 nitrogen and oxygen atoms in total. The second-order valence-electron chi connectivity index (χ2n) is 6.30. The minimum absolute atomic E-state index is 0.0143. The molecule has 1 aliphatic rings. The molecule has 0 saturated heterocycles. The van der Waals surface area contributed by atoms with Gasteiger partial charge in [-0.15, -0.1) is 0 Å². The van der Waals surface area contributed by atoms with Crippen LogP contribution in [0.5, 0.6) is 17.2 Å². The highest BCUT2D eigenvalue weighted by atomic mass is 16.5. The van der Waals surface area contributed by atoms with Crippen LogP contribution in [0.15, 0.2) is 72.8 Å². The van der Waals surface area contributed by atoms with E-state index in [2.05, 4.69) is 18.2 Å². The zero-order chi connectivity index (χ0) is 17.2. The minimum atomic E-state index is -0.0143. The van der Waals surface area contributed by atoms with Crippen LogP contribution < -0.4 is 9.47 Å². The lowest BCUT2D eigenvalue weighted by atomic mass is 9.82. The van der Waals surface area contributed by atoms with Crippen molar-refractivity contribution in [3.8, 4) is 17.2 Å². The van der Waals surface area contributed by atoms with Crippen LogP contribution in [-0.4, -0.2) is 12.2 Å². The molecule has 3 aromatic carbocycles. The van der Waals surface area contributed by atoms with Gasteiger partial charge in [0.2, 0.25) is 0 Å². The lowest BCUT2D eigenvalue weighted by molar-refractivity contribution is 0.167. The first-order valence-electron chi connectivity index (χ1n) is 8.43. The Balaban J connectivity index is 1.78. The third-order valence-electron chi connectivity index (χ3n) is 4.78. The SMILES string of the molecule is COc1ccc2c(c1)OC(c1ccccc1)CC2c1ccc(O)cc1. The number of methoxy groups -OCH3 is 1. The summed E-state index contributed by atoms with van der Waals surface area (Å²) in [6.45, 7) is 0. The Morgan fingerprint density at radius 1 is 0.920 bits per heavy atom. The van der Waals surface area contributed by atoms with Gasteiger partial charge < -0.3 is 14.6 Å². The topological polar surface area (TPSA) is 38.7 Å². The highest BCUT2D eigenvalue weighted by molar-refractivity contribution is 5.49. The molecule has 0 radical (unpaired) electrons. The lowest BCUT2D eigenvalue weighted by Crippen LogP contribution is -2.20. The van der Waals surface area contributed by atoms with E-state index in [1.165, 1.54) is 11.1 Å². The summed E-state index contributed by atoms with van der Waals surface area (Å²) in [6, 6.07) is 23.8. The van der Waals surface area contributed by atoms with E-state index >= 15 is 0 Å². The molecule has 3 heteroatoms. The highest BCUT2D eigenvalue weighted by Crippen LogP contribution is 2.46. The number of ether oxygens (including phenoxy) is 2. The van der Waals surface area contributed by atoms with Crippen LogP contribution in [0.2, 0.25) is 0 Å². The zero-order valence-corrected chi connectivity index (χ0v) is 14.1. The van der Waals surface area contributed by atoms with Crippen molar-refractivity contribution in [3.05, 3.63) is 89.5 Å². The molecule has 1 heterocycles. The van der Waals surface area contributed by atoms with Crippen molar-refractivity contribution < 1.29 is 14.6 Å². The van der Waals surface area contributed by atoms with E-state index in [1.54, 1.807) is 19.2 Å². The molecule has 126 valence electrons. The molecule has 0 amide bonds. The van der Waals surface area contributed by atoms with Crippen LogP contribution in [0.3, 0.4) is 0 Å². The smallest absolute Gasteiger partial charge is 0.127 e. The number of hydrogen-bond acceptors (Lipinski definition) is 3. The van der Waals surface area contributed by atoms with Crippen LogP contribution in [0.1, 0.15) is 35.1 Å². The molecule has 2 unspecified atom stereocenters. The van der Waals surface area contributed by atoms with Gasteiger partial charge in [-0.25, -0.2) is 0 Å². The zero-order valence-electron chi connectivity index (χ0n) is 14.1. The molecule has 4 rings (SSSR count). The Hall–Kier alpha value is -2.94. The first-order valence-corrected chi connectivity index (χ1v) is 8.43. The molecule has 3 aromatic rings. The van der Waals surface area contributed by atoms with Crippen molar-refractivity contribution in [2.75, 3.05) is 7.11 Å². The molecule has 0 bridgehead atoms. The molecule has 0 aliphatic carbocycles. The Labute approximate surface area is 147 Å². The second kappa shape index (κ2) is 6.52. The van der Waals surface area contributed by atoms with Crippen molar-refractivity contribution in [1.82, 2.24) is 0 Å². The summed E-state index contributed by atoms with van der Waals surface area (Å²) < 4.78 is 11.7. The van der Waals surface area contributed by atoms with Gasteiger partial charge in [0.05, 0.1) is 7.11 Å². The summed E-state index contributed by atoms with van der Waals surface area (Å²) in [4.78, 5) is 0. The van der Waals surface area contributed by atoms with Crippen LogP contribution in [-0.2, 0) is 0 Å². The van der Waals surface area contributed by atoms with Gasteiger partial charge in [0, 0.05) is 17.5 Å². The molecular formula is C22H20O3. The Bertz CT molecular complexity index is 856. The first-order chi connectivity index (χ1) is 12.2. The summed E-state index contributed by atoms with van der Waals surface area (Å²) in [7, 11) is 1.66. The fourth-order valence-corrected chi connectivity index (χ4v) is 3.47. The number of hydrogen-bond donors (Lipinski definition) is 1. The summed E-state index contributed by atoms with van der Waals surface area (Å²) in [5.41, 5.74) is 3.49. The summed E-state index contributed by atoms with van der Waals surface area (Å²) in [6.07, 6.45) is 0.841. The second-order valence-corrected chi connectivity index (χ2v) is 6.30. The molecule has 0 aromatic heterocycles. The molecule has 25 heavy (non-hydrogen) atoms. The van der Waals surface area contributed by atoms with E-state index in [4.69, 9.17) is 9.47 Å². The number of fused-ring (bicyclic) bond motifs is 1. The third-order valence-corrected chi connectivity index (χ3v) is 4.78. The summed E-state index contributed by atoms with van der Waals surface area (Å²) in [5.74, 6) is 2.14. The fraction of sp³-hybridized carbons (Fsp3) is 0.182. The largest absolute Gasteiger partial charge is 0.508 e. The van der Waals surface area contributed by atoms with E-state index in [0.717, 1.165) is 23.5 Å². The lowest BCUT2D eigenvalue weighted by Gasteiger charge is -2.33. The Morgan fingerprint density at radius 3 is 2.40 bits per heavy atom. The normalized spacial score (nSPS) is 18.9. The number of phenols is 1. The number of benzene rings is 3. The number of phenolic OH excluding ortho intramolecular Hbond substituents is 1. The molecule has 1 N–H and O–H groups in total. The molecule has 1 aliphatic heterocycles. The maximum absolute atomic E-state index is 9.61. The Morgan fingerprint density at radius 2 is 1.68 bits per heavy atom. The maximum Gasteiger partial charge on any atom is 0.127 e. The van der Waals surface area contributed by atoms with E-state index in [0.29, 0.717) is 0 Å². The first kappa shape index (κ1) is 15.6. The van der Waals surface area contributed by atoms with Crippen LogP contribution in [0, 0.1) is 0 Å². The van der Waals surface area contributed by atoms with Gasteiger partial charge in [0.25, 0.3) is 0 Å². The minimum Gasteiger partial charge on any atom is -0.508 e. The molecule has 0 spiro atoms. The van der Waals surface area contributed by atoms with Gasteiger partial charge >= 0.3 is 0 Å². The summed E-state index contributed by atoms with van der Waals surface area (Å²) >= 11 is 0. The average Bonchev–Trinajstić information content (AvgIpc) is 2.68. The number of rotatable bonds is 3. The predicted molar refractivity (Wildman–Crippen MR) is 97.4 cm³/mol. The highest BCUT2D eigenvalue weighted by Gasteiger charge is 2.30. The quantitative estimate of drug-likeness (QED) is 0.729. The molecule has 0 fully saturated rings. The van der Waals surface area contributed by atoms with Gasteiger partial charge in [0.1, 0.15) is 23.4 Å². The van der Waals surface area contributed by atoms with E-state index < -0.39 is 0 Å². The monoisotopic (exact) mass is 332 g/mol. The average molecular weight is 332 g/mol. The van der Waals surface area contributed by atoms with Crippen molar-refractivity contribution >= 4 is 0 Å². The van der Waals surface area contributed by atoms with Crippen molar-refractivity contribution in [3.63, 3.8) is 0 Å². The Kier molecular flexibility index (Phi) is 4.06. The van der Waals surface area contributed by atoms with E-state index in [1.807, 2.05) is 42.5 Å². The van der Waals surface area contributed by atoms with Crippen LogP contribution in [0.25, 0.3) is 0 Å². The van der Waals surface area contributed by atoms with Crippen LogP contribution >= 0.6 is 0 Å². The molecule has 2 atom stereocenters. The van der Waals surface area contributed by atoms with Crippen molar-refractivity contribution in [1.29, 1.82) is 0 Å². The fourth-order valence-electron chi connectivity index (χ4n) is 3.47. The van der Waals surface area contributed by atoms with Gasteiger partial charge in [-0.1, -0.05) is 48.5 Å². The van der Waals surface area contributed by atoms with Crippen molar-refractivity contribution in [2.24, 2.45) is 0 Å².